The Bertz CT molecular complexity index is 474. The van der Waals surface area contributed by atoms with Crippen molar-refractivity contribution in [2.24, 2.45) is 11.8 Å². The van der Waals surface area contributed by atoms with Gasteiger partial charge in [0.05, 0.1) is 13.2 Å². The van der Waals surface area contributed by atoms with Crippen LogP contribution in [0.1, 0.15) is 43.0 Å². The van der Waals surface area contributed by atoms with Crippen LogP contribution in [-0.4, -0.2) is 36.9 Å². The van der Waals surface area contributed by atoms with Crippen molar-refractivity contribution in [3.05, 3.63) is 29.8 Å². The van der Waals surface area contributed by atoms with Crippen molar-refractivity contribution in [1.82, 2.24) is 4.90 Å². The van der Waals surface area contributed by atoms with Gasteiger partial charge in [0, 0.05) is 18.7 Å². The van der Waals surface area contributed by atoms with Crippen molar-refractivity contribution < 1.29 is 9.53 Å². The summed E-state index contributed by atoms with van der Waals surface area (Å²) in [6, 6.07) is 7.48. The van der Waals surface area contributed by atoms with Gasteiger partial charge in [0.2, 0.25) is 0 Å². The largest absolute Gasteiger partial charge is 0.497 e. The highest BCUT2D eigenvalue weighted by Crippen LogP contribution is 2.34. The molecule has 1 unspecified atom stereocenters. The van der Waals surface area contributed by atoms with Crippen molar-refractivity contribution in [2.45, 2.75) is 38.6 Å². The molecule has 2 saturated carbocycles. The molecule has 1 aromatic rings. The van der Waals surface area contributed by atoms with E-state index < -0.39 is 0 Å². The number of benzene rings is 1. The van der Waals surface area contributed by atoms with Crippen molar-refractivity contribution in [1.29, 1.82) is 0 Å². The lowest BCUT2D eigenvalue weighted by Gasteiger charge is -2.28. The summed E-state index contributed by atoms with van der Waals surface area (Å²) in [7, 11) is 1.65. The van der Waals surface area contributed by atoms with Gasteiger partial charge in [-0.3, -0.25) is 9.69 Å². The van der Waals surface area contributed by atoms with Crippen LogP contribution in [0.25, 0.3) is 0 Å². The lowest BCUT2D eigenvalue weighted by Crippen LogP contribution is -2.41. The predicted octanol–water partition coefficient (Wildman–Crippen LogP) is 3.39. The average Bonchev–Trinajstić information content (AvgIpc) is 3.41. The lowest BCUT2D eigenvalue weighted by atomic mass is 10.0. The summed E-state index contributed by atoms with van der Waals surface area (Å²) < 4.78 is 5.16. The molecule has 2 aliphatic rings. The standard InChI is InChI=1S/C18H25NO2/c1-13(18(20)16-7-9-17(21-2)10-8-16)19(11-14-3-4-14)12-15-5-6-15/h7-10,13-15H,3-6,11-12H2,1-2H3. The average molecular weight is 287 g/mol. The molecular formula is C18H25NO2. The van der Waals surface area contributed by atoms with Gasteiger partial charge in [0.25, 0.3) is 0 Å². The second-order valence-corrected chi connectivity index (χ2v) is 6.61. The number of hydrogen-bond donors (Lipinski definition) is 0. The normalized spacial score (nSPS) is 19.6. The van der Waals surface area contributed by atoms with Crippen LogP contribution in [0.15, 0.2) is 24.3 Å². The van der Waals surface area contributed by atoms with E-state index in [1.165, 1.54) is 25.7 Å². The molecule has 0 saturated heterocycles. The van der Waals surface area contributed by atoms with Crippen LogP contribution in [0.3, 0.4) is 0 Å². The quantitative estimate of drug-likeness (QED) is 0.686. The third kappa shape index (κ3) is 3.85. The number of Topliss-reactive ketones (excluding diaryl/α,β-unsaturated/α-hetero) is 1. The van der Waals surface area contributed by atoms with E-state index >= 15 is 0 Å². The van der Waals surface area contributed by atoms with Gasteiger partial charge in [-0.15, -0.1) is 0 Å². The van der Waals surface area contributed by atoms with E-state index in [0.29, 0.717) is 0 Å². The van der Waals surface area contributed by atoms with Gasteiger partial charge in [-0.25, -0.2) is 0 Å². The molecule has 0 N–H and O–H groups in total. The fourth-order valence-corrected chi connectivity index (χ4v) is 2.82. The van der Waals surface area contributed by atoms with Gasteiger partial charge in [-0.05, 0) is 68.7 Å². The van der Waals surface area contributed by atoms with Gasteiger partial charge in [-0.2, -0.15) is 0 Å². The highest BCUT2D eigenvalue weighted by molar-refractivity contribution is 5.99. The number of carbonyl (C=O) groups excluding carboxylic acids is 1. The monoisotopic (exact) mass is 287 g/mol. The maximum absolute atomic E-state index is 12.7. The van der Waals surface area contributed by atoms with Crippen LogP contribution in [0.4, 0.5) is 0 Å². The topological polar surface area (TPSA) is 29.5 Å². The molecule has 0 spiro atoms. The summed E-state index contributed by atoms with van der Waals surface area (Å²) in [5.41, 5.74) is 0.792. The zero-order chi connectivity index (χ0) is 14.8. The van der Waals surface area contributed by atoms with Crippen molar-refractivity contribution >= 4 is 5.78 Å². The molecule has 0 heterocycles. The van der Waals surface area contributed by atoms with Crippen LogP contribution in [0.2, 0.25) is 0 Å². The minimum absolute atomic E-state index is 0.0143. The first-order valence-electron chi connectivity index (χ1n) is 8.09. The molecule has 0 amide bonds. The Labute approximate surface area is 127 Å². The Hall–Kier alpha value is -1.35. The Kier molecular flexibility index (Phi) is 4.29. The maximum atomic E-state index is 12.7. The van der Waals surface area contributed by atoms with Crippen molar-refractivity contribution in [3.8, 4) is 5.75 Å². The molecule has 0 bridgehead atoms. The molecule has 21 heavy (non-hydrogen) atoms. The predicted molar refractivity (Wildman–Crippen MR) is 83.8 cm³/mol. The maximum Gasteiger partial charge on any atom is 0.179 e. The van der Waals surface area contributed by atoms with E-state index in [4.69, 9.17) is 4.74 Å². The van der Waals surface area contributed by atoms with Crippen LogP contribution in [-0.2, 0) is 0 Å². The van der Waals surface area contributed by atoms with Gasteiger partial charge >= 0.3 is 0 Å². The molecule has 0 aliphatic heterocycles. The first kappa shape index (κ1) is 14.6. The lowest BCUT2D eigenvalue weighted by molar-refractivity contribution is 0.0824. The van der Waals surface area contributed by atoms with Gasteiger partial charge < -0.3 is 4.74 Å². The van der Waals surface area contributed by atoms with E-state index in [9.17, 15) is 4.79 Å². The van der Waals surface area contributed by atoms with E-state index in [0.717, 1.165) is 36.2 Å². The molecule has 0 radical (unpaired) electrons. The second-order valence-electron chi connectivity index (χ2n) is 6.61. The number of ketones is 1. The highest BCUT2D eigenvalue weighted by Gasteiger charge is 2.33. The highest BCUT2D eigenvalue weighted by atomic mass is 16.5. The fraction of sp³-hybridized carbons (Fsp3) is 0.611. The molecule has 0 aromatic heterocycles. The van der Waals surface area contributed by atoms with Gasteiger partial charge in [0.1, 0.15) is 5.75 Å². The zero-order valence-electron chi connectivity index (χ0n) is 13.0. The molecular weight excluding hydrogens is 262 g/mol. The molecule has 1 aromatic carbocycles. The van der Waals surface area contributed by atoms with Crippen LogP contribution in [0.5, 0.6) is 5.75 Å². The molecule has 2 aliphatic carbocycles. The summed E-state index contributed by atoms with van der Waals surface area (Å²) in [4.78, 5) is 15.1. The number of hydrogen-bond acceptors (Lipinski definition) is 3. The molecule has 2 fully saturated rings. The third-order valence-electron chi connectivity index (χ3n) is 4.68. The second kappa shape index (κ2) is 6.18. The zero-order valence-corrected chi connectivity index (χ0v) is 13.0. The number of rotatable bonds is 8. The first-order chi connectivity index (χ1) is 10.2. The first-order valence-corrected chi connectivity index (χ1v) is 8.09. The number of nitrogens with zero attached hydrogens (tertiary/aromatic N) is 1. The Balaban J connectivity index is 1.66. The Morgan fingerprint density at radius 3 is 2.10 bits per heavy atom. The number of carbonyl (C=O) groups is 1. The Morgan fingerprint density at radius 2 is 1.67 bits per heavy atom. The van der Waals surface area contributed by atoms with Gasteiger partial charge in [-0.1, -0.05) is 0 Å². The summed E-state index contributed by atoms with van der Waals surface area (Å²) in [6.45, 7) is 4.26. The van der Waals surface area contributed by atoms with Crippen LogP contribution in [0, 0.1) is 11.8 Å². The molecule has 3 nitrogen and oxygen atoms in total. The van der Waals surface area contributed by atoms with Crippen molar-refractivity contribution in [2.75, 3.05) is 20.2 Å². The smallest absolute Gasteiger partial charge is 0.179 e. The summed E-state index contributed by atoms with van der Waals surface area (Å²) in [6.07, 6.45) is 5.35. The molecule has 114 valence electrons. The summed E-state index contributed by atoms with van der Waals surface area (Å²) in [5, 5.41) is 0. The van der Waals surface area contributed by atoms with E-state index in [-0.39, 0.29) is 11.8 Å². The van der Waals surface area contributed by atoms with E-state index in [1.807, 2.05) is 24.3 Å². The Morgan fingerprint density at radius 1 is 1.14 bits per heavy atom. The molecule has 3 rings (SSSR count). The molecule has 1 atom stereocenters. The third-order valence-corrected chi connectivity index (χ3v) is 4.68. The molecule has 3 heteroatoms. The summed E-state index contributed by atoms with van der Waals surface area (Å²) in [5.74, 6) is 2.69. The fourth-order valence-electron chi connectivity index (χ4n) is 2.82. The van der Waals surface area contributed by atoms with Gasteiger partial charge in [0.15, 0.2) is 5.78 Å². The summed E-state index contributed by atoms with van der Waals surface area (Å²) >= 11 is 0. The minimum atomic E-state index is -0.0143. The SMILES string of the molecule is COc1ccc(C(=O)C(C)N(CC2CC2)CC2CC2)cc1. The van der Waals surface area contributed by atoms with Crippen molar-refractivity contribution in [3.63, 3.8) is 0 Å². The minimum Gasteiger partial charge on any atom is -0.497 e. The number of methoxy groups -OCH3 is 1. The van der Waals surface area contributed by atoms with E-state index in [1.54, 1.807) is 7.11 Å². The van der Waals surface area contributed by atoms with Crippen LogP contribution >= 0.6 is 0 Å². The van der Waals surface area contributed by atoms with E-state index in [2.05, 4.69) is 11.8 Å². The van der Waals surface area contributed by atoms with Crippen LogP contribution < -0.4 is 4.74 Å². The number of ether oxygens (including phenoxy) is 1.